The fourth-order valence-electron chi connectivity index (χ4n) is 6.09. The minimum Gasteiger partial charge on any atom is -0.493 e. The van der Waals surface area contributed by atoms with E-state index in [0.717, 1.165) is 12.8 Å². The highest BCUT2D eigenvalue weighted by atomic mass is 16.5. The molecule has 2 fully saturated rings. The van der Waals surface area contributed by atoms with Gasteiger partial charge in [-0.15, -0.1) is 0 Å². The zero-order chi connectivity index (χ0) is 33.1. The molecule has 6 rings (SSSR count). The molecule has 0 bridgehead atoms. The number of anilines is 2. The number of aryl methyl sites for hydroxylation is 2. The van der Waals surface area contributed by atoms with Crippen molar-refractivity contribution < 1.29 is 33.4 Å². The maximum Gasteiger partial charge on any atom is 0.272 e. The van der Waals surface area contributed by atoms with Crippen LogP contribution in [0, 0.1) is 0 Å². The monoisotopic (exact) mass is 645 g/mol. The van der Waals surface area contributed by atoms with Gasteiger partial charge in [-0.2, -0.15) is 0 Å². The molecule has 14 nitrogen and oxygen atoms in total. The second kappa shape index (κ2) is 13.7. The number of hydrogen-bond donors (Lipinski definition) is 2. The van der Waals surface area contributed by atoms with E-state index in [-0.39, 0.29) is 42.7 Å². The van der Waals surface area contributed by atoms with Crippen molar-refractivity contribution in [2.24, 2.45) is 19.1 Å². The molecule has 0 aliphatic carbocycles. The molecule has 0 radical (unpaired) electrons. The summed E-state index contributed by atoms with van der Waals surface area (Å²) in [6.45, 7) is 3.01. The molecule has 1 aromatic carbocycles. The summed E-state index contributed by atoms with van der Waals surface area (Å²) in [6, 6.07) is 6.63. The first kappa shape index (κ1) is 31.9. The Kier molecular flexibility index (Phi) is 9.29. The van der Waals surface area contributed by atoms with E-state index in [2.05, 4.69) is 15.6 Å². The van der Waals surface area contributed by atoms with E-state index >= 15 is 0 Å². The van der Waals surface area contributed by atoms with Crippen LogP contribution >= 0.6 is 0 Å². The Hall–Kier alpha value is -5.11. The first-order valence-electron chi connectivity index (χ1n) is 15.7. The number of nitrogens with zero attached hydrogens (tertiary/aromatic N) is 5. The van der Waals surface area contributed by atoms with E-state index < -0.39 is 0 Å². The minimum absolute atomic E-state index is 0.00798. The van der Waals surface area contributed by atoms with Crippen LogP contribution in [0.4, 0.5) is 17.1 Å². The summed E-state index contributed by atoms with van der Waals surface area (Å²) in [6.07, 6.45) is 7.63. The molecule has 4 amide bonds. The number of ether oxygens (including phenoxy) is 3. The first-order chi connectivity index (χ1) is 22.7. The number of methoxy groups -OCH3 is 1. The van der Waals surface area contributed by atoms with Gasteiger partial charge in [0.15, 0.2) is 11.5 Å². The van der Waals surface area contributed by atoms with E-state index in [9.17, 15) is 19.2 Å². The third-order valence-corrected chi connectivity index (χ3v) is 8.57. The van der Waals surface area contributed by atoms with Gasteiger partial charge in [0.2, 0.25) is 5.91 Å². The summed E-state index contributed by atoms with van der Waals surface area (Å²) >= 11 is 0. The highest BCUT2D eigenvalue weighted by Crippen LogP contribution is 2.38. The number of benzene rings is 1. The van der Waals surface area contributed by atoms with Crippen LogP contribution in [0.2, 0.25) is 0 Å². The maximum absolute atomic E-state index is 13.1. The van der Waals surface area contributed by atoms with Gasteiger partial charge >= 0.3 is 0 Å². The predicted molar refractivity (Wildman–Crippen MR) is 174 cm³/mol. The Morgan fingerprint density at radius 3 is 2.45 bits per heavy atom. The Balaban J connectivity index is 1.00. The van der Waals surface area contributed by atoms with Gasteiger partial charge in [-0.1, -0.05) is 0 Å². The van der Waals surface area contributed by atoms with Gasteiger partial charge in [0.05, 0.1) is 55.6 Å². The van der Waals surface area contributed by atoms with Gasteiger partial charge in [-0.05, 0) is 37.5 Å². The van der Waals surface area contributed by atoms with Gasteiger partial charge in [0.25, 0.3) is 17.7 Å². The number of nitrogens with one attached hydrogen (secondary N) is 2. The zero-order valence-electron chi connectivity index (χ0n) is 26.8. The van der Waals surface area contributed by atoms with Crippen LogP contribution in [0.25, 0.3) is 0 Å². The van der Waals surface area contributed by atoms with Gasteiger partial charge in [-0.25, -0.2) is 0 Å². The smallest absolute Gasteiger partial charge is 0.272 e. The number of fused-ring (bicyclic) bond motifs is 2. The van der Waals surface area contributed by atoms with Crippen LogP contribution in [0.1, 0.15) is 57.0 Å². The lowest BCUT2D eigenvalue weighted by Gasteiger charge is -2.26. The topological polar surface area (TPSA) is 149 Å². The molecule has 0 spiro atoms. The summed E-state index contributed by atoms with van der Waals surface area (Å²) < 4.78 is 20.1. The Morgan fingerprint density at radius 1 is 0.957 bits per heavy atom. The van der Waals surface area contributed by atoms with Crippen molar-refractivity contribution in [3.05, 3.63) is 53.6 Å². The average molecular weight is 646 g/mol. The Labute approximate surface area is 272 Å². The molecule has 14 heteroatoms. The lowest BCUT2D eigenvalue weighted by molar-refractivity contribution is -0.116. The van der Waals surface area contributed by atoms with Crippen LogP contribution < -0.4 is 20.1 Å². The number of carbonyl (C=O) groups excluding carboxylic acids is 4. The zero-order valence-corrected chi connectivity index (χ0v) is 26.8. The highest BCUT2D eigenvalue weighted by Gasteiger charge is 2.32. The van der Waals surface area contributed by atoms with E-state index in [4.69, 9.17) is 14.2 Å². The number of carbonyl (C=O) groups is 4. The van der Waals surface area contributed by atoms with Crippen molar-refractivity contribution in [1.82, 2.24) is 18.9 Å². The second-order valence-corrected chi connectivity index (χ2v) is 11.8. The largest absolute Gasteiger partial charge is 0.493 e. The van der Waals surface area contributed by atoms with Crippen molar-refractivity contribution in [3.8, 4) is 11.5 Å². The highest BCUT2D eigenvalue weighted by molar-refractivity contribution is 6.06. The fourth-order valence-corrected chi connectivity index (χ4v) is 6.09. The summed E-state index contributed by atoms with van der Waals surface area (Å²) in [5.74, 6) is 0.0962. The Bertz CT molecular complexity index is 1720. The normalized spacial score (nSPS) is 17.2. The predicted octanol–water partition coefficient (Wildman–Crippen LogP) is 3.22. The van der Waals surface area contributed by atoms with Crippen molar-refractivity contribution >= 4 is 46.9 Å². The molecule has 2 N–H and O–H groups in total. The molecule has 1 unspecified atom stereocenters. The van der Waals surface area contributed by atoms with Gasteiger partial charge in [-0.3, -0.25) is 24.2 Å². The fraction of sp³-hybridized carbons (Fsp3) is 0.424. The number of hydrogen-bond acceptors (Lipinski definition) is 8. The molecule has 3 aliphatic rings. The number of aromatic nitrogens is 2. The third kappa shape index (κ3) is 6.87. The molecule has 1 atom stereocenters. The van der Waals surface area contributed by atoms with E-state index in [1.165, 1.54) is 7.11 Å². The molecule has 248 valence electrons. The van der Waals surface area contributed by atoms with Crippen LogP contribution in [-0.2, 0) is 23.6 Å². The second-order valence-electron chi connectivity index (χ2n) is 11.8. The molecule has 2 saturated heterocycles. The first-order valence-corrected chi connectivity index (χ1v) is 15.7. The van der Waals surface area contributed by atoms with E-state index in [1.807, 2.05) is 11.1 Å². The van der Waals surface area contributed by atoms with Crippen molar-refractivity contribution in [3.63, 3.8) is 0 Å². The molecular formula is C33H39N7O7. The molecule has 3 aliphatic heterocycles. The van der Waals surface area contributed by atoms with Crippen LogP contribution in [0.3, 0.4) is 0 Å². The SMILES string of the molecule is COc1cc2c(cc1OCCCC(=O)Nc1cc(C(=O)Nc3cc(C(=O)N4CCOCC4)n(C)c3)n(C)c1)N=CC1CCCN1C2=O. The van der Waals surface area contributed by atoms with Crippen molar-refractivity contribution in [1.29, 1.82) is 0 Å². The quantitative estimate of drug-likeness (QED) is 0.322. The number of rotatable bonds is 10. The standard InChI is InChI=1S/C33H39N7O7/c1-37-19-21(14-26(37)31(42)36-22-15-27(38(2)20-22)33(44)39-9-12-46-13-10-39)35-30(41)7-5-11-47-29-17-25-24(16-28(29)45-3)32(43)40-8-4-6-23(40)18-34-25/h14-20,23H,4-13H2,1-3H3,(H,35,41)(H,36,42). The molecule has 5 heterocycles. The maximum atomic E-state index is 13.1. The van der Waals surface area contributed by atoms with Crippen LogP contribution in [0.5, 0.6) is 11.5 Å². The molecule has 3 aromatic rings. The summed E-state index contributed by atoms with van der Waals surface area (Å²) in [4.78, 5) is 59.9. The van der Waals surface area contributed by atoms with E-state index in [0.29, 0.717) is 84.8 Å². The molecule has 2 aromatic heterocycles. The molecule has 0 saturated carbocycles. The number of aliphatic imine (C=N–C) groups is 1. The Morgan fingerprint density at radius 2 is 1.68 bits per heavy atom. The van der Waals surface area contributed by atoms with Crippen molar-refractivity contribution in [2.75, 3.05) is 57.2 Å². The molecular weight excluding hydrogens is 606 g/mol. The summed E-state index contributed by atoms with van der Waals surface area (Å²) in [7, 11) is 4.99. The van der Waals surface area contributed by atoms with Gasteiger partial charge in [0.1, 0.15) is 11.4 Å². The van der Waals surface area contributed by atoms with E-state index in [1.54, 1.807) is 64.8 Å². The minimum atomic E-state index is -0.376. The lowest BCUT2D eigenvalue weighted by Crippen LogP contribution is -2.41. The van der Waals surface area contributed by atoms with Crippen LogP contribution in [-0.4, -0.2) is 101 Å². The number of amides is 4. The van der Waals surface area contributed by atoms with Gasteiger partial charge < -0.3 is 43.8 Å². The summed E-state index contributed by atoms with van der Waals surface area (Å²) in [5.41, 5.74) is 2.80. The summed E-state index contributed by atoms with van der Waals surface area (Å²) in [5, 5.41) is 5.68. The average Bonchev–Trinajstić information content (AvgIpc) is 3.77. The molecule has 47 heavy (non-hydrogen) atoms. The van der Waals surface area contributed by atoms with Gasteiger partial charge in [0, 0.05) is 64.8 Å². The van der Waals surface area contributed by atoms with Crippen molar-refractivity contribution in [2.45, 2.75) is 31.7 Å². The van der Waals surface area contributed by atoms with Crippen LogP contribution in [0.15, 0.2) is 41.7 Å². The number of morpholine rings is 1. The lowest BCUT2D eigenvalue weighted by atomic mass is 10.1. The third-order valence-electron chi connectivity index (χ3n) is 8.57.